The van der Waals surface area contributed by atoms with Gasteiger partial charge in [0, 0.05) is 19.7 Å². The number of hydrogen-bond acceptors (Lipinski definition) is 4. The Morgan fingerprint density at radius 1 is 1.57 bits per heavy atom. The lowest BCUT2D eigenvalue weighted by molar-refractivity contribution is 0.105. The summed E-state index contributed by atoms with van der Waals surface area (Å²) in [6.45, 7) is 7.13. The van der Waals surface area contributed by atoms with E-state index in [0.29, 0.717) is 18.2 Å². The van der Waals surface area contributed by atoms with E-state index in [1.807, 2.05) is 4.90 Å². The van der Waals surface area contributed by atoms with Crippen molar-refractivity contribution in [2.24, 2.45) is 5.41 Å². The smallest absolute Gasteiger partial charge is 0.317 e. The molecule has 0 radical (unpaired) electrons. The average molecular weight is 293 g/mol. The molecule has 2 aliphatic rings. The molecule has 0 bridgehead atoms. The van der Waals surface area contributed by atoms with Crippen molar-refractivity contribution < 1.29 is 9.53 Å². The summed E-state index contributed by atoms with van der Waals surface area (Å²) in [5.41, 5.74) is 0.219. The monoisotopic (exact) mass is 293 g/mol. The van der Waals surface area contributed by atoms with E-state index in [-0.39, 0.29) is 17.6 Å². The van der Waals surface area contributed by atoms with Crippen LogP contribution in [0.5, 0.6) is 0 Å². The van der Waals surface area contributed by atoms with Crippen LogP contribution in [0.1, 0.15) is 50.9 Å². The van der Waals surface area contributed by atoms with Gasteiger partial charge in [-0.2, -0.15) is 5.10 Å². The van der Waals surface area contributed by atoms with Gasteiger partial charge in [0.05, 0.1) is 6.54 Å². The van der Waals surface area contributed by atoms with Crippen LogP contribution in [0.2, 0.25) is 0 Å². The number of hydrogen-bond donors (Lipinski definition) is 2. The highest BCUT2D eigenvalue weighted by atomic mass is 16.5. The first-order valence-electron chi connectivity index (χ1n) is 7.59. The molecule has 0 spiro atoms. The lowest BCUT2D eigenvalue weighted by Crippen LogP contribution is -2.39. The predicted octanol–water partition coefficient (Wildman–Crippen LogP) is 1.60. The Bertz CT molecular complexity index is 507. The third-order valence-corrected chi connectivity index (χ3v) is 4.14. The Kier molecular flexibility index (Phi) is 3.84. The molecule has 1 aromatic heterocycles. The summed E-state index contributed by atoms with van der Waals surface area (Å²) in [6.07, 6.45) is 3.07. The molecule has 2 N–H and O–H groups in total. The lowest BCUT2D eigenvalue weighted by Gasteiger charge is -2.19. The van der Waals surface area contributed by atoms with Crippen molar-refractivity contribution in [2.45, 2.75) is 45.8 Å². The summed E-state index contributed by atoms with van der Waals surface area (Å²) >= 11 is 0. The third kappa shape index (κ3) is 3.34. The molecule has 3 heterocycles. The van der Waals surface area contributed by atoms with E-state index in [9.17, 15) is 4.79 Å². The van der Waals surface area contributed by atoms with Crippen LogP contribution in [0.3, 0.4) is 0 Å². The number of ether oxygens (including phenoxy) is 1. The topological polar surface area (TPSA) is 83.1 Å². The van der Waals surface area contributed by atoms with E-state index in [4.69, 9.17) is 4.74 Å². The van der Waals surface area contributed by atoms with Gasteiger partial charge in [-0.05, 0) is 24.7 Å². The maximum Gasteiger partial charge on any atom is 0.317 e. The van der Waals surface area contributed by atoms with Crippen molar-refractivity contribution >= 4 is 6.03 Å². The van der Waals surface area contributed by atoms with E-state index in [0.717, 1.165) is 39.0 Å². The van der Waals surface area contributed by atoms with Gasteiger partial charge in [0.15, 0.2) is 5.82 Å². The first-order valence-corrected chi connectivity index (χ1v) is 7.59. The number of carbonyl (C=O) groups excluding carboxylic acids is 1. The quantitative estimate of drug-likeness (QED) is 0.886. The minimum atomic E-state index is -0.0318. The molecule has 7 heteroatoms. The van der Waals surface area contributed by atoms with Crippen LogP contribution in [0.4, 0.5) is 4.79 Å². The summed E-state index contributed by atoms with van der Waals surface area (Å²) < 4.78 is 5.54. The Balaban J connectivity index is 1.50. The van der Waals surface area contributed by atoms with Crippen LogP contribution in [0, 0.1) is 5.41 Å². The van der Waals surface area contributed by atoms with Gasteiger partial charge in [-0.1, -0.05) is 13.8 Å². The standard InChI is InChI=1S/C14H23N5O2/c1-14(2)5-6-19(9-14)13(20)15-8-11-16-12(18-17-11)10-4-3-7-21-10/h10H,3-9H2,1-2H3,(H,15,20)(H,16,17,18). The number of urea groups is 1. The van der Waals surface area contributed by atoms with Crippen LogP contribution < -0.4 is 5.32 Å². The van der Waals surface area contributed by atoms with E-state index in [2.05, 4.69) is 34.3 Å². The fourth-order valence-corrected chi connectivity index (χ4v) is 2.87. The molecular formula is C14H23N5O2. The van der Waals surface area contributed by atoms with E-state index in [1.165, 1.54) is 0 Å². The van der Waals surface area contributed by atoms with E-state index < -0.39 is 0 Å². The fraction of sp³-hybridized carbons (Fsp3) is 0.786. The van der Waals surface area contributed by atoms with E-state index >= 15 is 0 Å². The minimum absolute atomic E-state index is 0.00471. The molecular weight excluding hydrogens is 270 g/mol. The van der Waals surface area contributed by atoms with Crippen LogP contribution in [0.25, 0.3) is 0 Å². The van der Waals surface area contributed by atoms with Gasteiger partial charge < -0.3 is 15.0 Å². The number of nitrogens with zero attached hydrogens (tertiary/aromatic N) is 3. The molecule has 7 nitrogen and oxygen atoms in total. The fourth-order valence-electron chi connectivity index (χ4n) is 2.87. The number of nitrogens with one attached hydrogen (secondary N) is 2. The third-order valence-electron chi connectivity index (χ3n) is 4.14. The molecule has 21 heavy (non-hydrogen) atoms. The molecule has 2 amide bonds. The summed E-state index contributed by atoms with van der Waals surface area (Å²) in [7, 11) is 0. The number of aromatic amines is 1. The molecule has 2 aliphatic heterocycles. The number of aromatic nitrogens is 3. The molecule has 1 atom stereocenters. The lowest BCUT2D eigenvalue weighted by atomic mass is 9.93. The van der Waals surface area contributed by atoms with Gasteiger partial charge in [-0.25, -0.2) is 9.78 Å². The van der Waals surface area contributed by atoms with Crippen molar-refractivity contribution in [3.8, 4) is 0 Å². The molecule has 116 valence electrons. The predicted molar refractivity (Wildman–Crippen MR) is 76.5 cm³/mol. The Labute approximate surface area is 124 Å². The second-order valence-corrected chi connectivity index (χ2v) is 6.64. The normalized spacial score (nSPS) is 24.5. The highest BCUT2D eigenvalue weighted by Gasteiger charge is 2.32. The summed E-state index contributed by atoms with van der Waals surface area (Å²) in [4.78, 5) is 18.4. The zero-order chi connectivity index (χ0) is 14.9. The van der Waals surface area contributed by atoms with Gasteiger partial charge in [0.25, 0.3) is 0 Å². The van der Waals surface area contributed by atoms with Gasteiger partial charge in [-0.15, -0.1) is 0 Å². The molecule has 0 aliphatic carbocycles. The van der Waals surface area contributed by atoms with Gasteiger partial charge in [-0.3, -0.25) is 5.10 Å². The van der Waals surface area contributed by atoms with Gasteiger partial charge >= 0.3 is 6.03 Å². The van der Waals surface area contributed by atoms with E-state index in [1.54, 1.807) is 0 Å². The molecule has 2 saturated heterocycles. The van der Waals surface area contributed by atoms with Gasteiger partial charge in [0.1, 0.15) is 11.9 Å². The van der Waals surface area contributed by atoms with Crippen molar-refractivity contribution in [2.75, 3.05) is 19.7 Å². The maximum atomic E-state index is 12.1. The second kappa shape index (κ2) is 5.63. The Morgan fingerprint density at radius 3 is 3.10 bits per heavy atom. The number of rotatable bonds is 3. The van der Waals surface area contributed by atoms with Crippen molar-refractivity contribution in [3.05, 3.63) is 11.6 Å². The first kappa shape index (κ1) is 14.3. The Morgan fingerprint density at radius 2 is 2.43 bits per heavy atom. The molecule has 3 rings (SSSR count). The number of likely N-dealkylation sites (tertiary alicyclic amines) is 1. The minimum Gasteiger partial charge on any atom is -0.370 e. The highest BCUT2D eigenvalue weighted by molar-refractivity contribution is 5.74. The average Bonchev–Trinajstić information content (AvgIpc) is 3.15. The van der Waals surface area contributed by atoms with Gasteiger partial charge in [0.2, 0.25) is 0 Å². The van der Waals surface area contributed by atoms with Crippen LogP contribution >= 0.6 is 0 Å². The summed E-state index contributed by atoms with van der Waals surface area (Å²) in [5, 5.41) is 9.94. The zero-order valence-electron chi connectivity index (χ0n) is 12.7. The molecule has 2 fully saturated rings. The second-order valence-electron chi connectivity index (χ2n) is 6.64. The largest absolute Gasteiger partial charge is 0.370 e. The van der Waals surface area contributed by atoms with Crippen LogP contribution in [0.15, 0.2) is 0 Å². The summed E-state index contributed by atoms with van der Waals surface area (Å²) in [5.74, 6) is 1.37. The molecule has 1 unspecified atom stereocenters. The van der Waals surface area contributed by atoms with Crippen LogP contribution in [-0.4, -0.2) is 45.8 Å². The van der Waals surface area contributed by atoms with Crippen molar-refractivity contribution in [3.63, 3.8) is 0 Å². The zero-order valence-corrected chi connectivity index (χ0v) is 12.7. The van der Waals surface area contributed by atoms with Crippen LogP contribution in [-0.2, 0) is 11.3 Å². The van der Waals surface area contributed by atoms with Crippen molar-refractivity contribution in [1.82, 2.24) is 25.4 Å². The molecule has 1 aromatic rings. The summed E-state index contributed by atoms with van der Waals surface area (Å²) in [6, 6.07) is -0.0318. The number of H-pyrrole nitrogens is 1. The molecule has 0 aromatic carbocycles. The number of carbonyl (C=O) groups is 1. The van der Waals surface area contributed by atoms with Crippen molar-refractivity contribution in [1.29, 1.82) is 0 Å². The number of amides is 2. The highest BCUT2D eigenvalue weighted by Crippen LogP contribution is 2.28. The SMILES string of the molecule is CC1(C)CCN(C(=O)NCc2nc(C3CCCO3)n[nH]2)C1. The first-order chi connectivity index (χ1) is 10.0. The Hall–Kier alpha value is -1.63. The maximum absolute atomic E-state index is 12.1. The molecule has 0 saturated carbocycles.